The maximum atomic E-state index is 12.9. The molecular formula is C20H19F3N6O. The van der Waals surface area contributed by atoms with Crippen LogP contribution >= 0.6 is 0 Å². The maximum Gasteiger partial charge on any atom is 0.416 e. The number of carbonyl (C=O) groups is 1. The Balaban J connectivity index is 1.56. The number of rotatable bonds is 4. The van der Waals surface area contributed by atoms with E-state index in [9.17, 15) is 18.0 Å². The molecule has 156 valence electrons. The number of alkyl halides is 3. The first-order valence-corrected chi connectivity index (χ1v) is 9.51. The molecule has 3 aromatic heterocycles. The van der Waals surface area contributed by atoms with Crippen LogP contribution in [0.2, 0.25) is 0 Å². The van der Waals surface area contributed by atoms with Gasteiger partial charge in [-0.1, -0.05) is 5.21 Å². The van der Waals surface area contributed by atoms with Crippen molar-refractivity contribution >= 4 is 17.4 Å². The van der Waals surface area contributed by atoms with Crippen molar-refractivity contribution in [1.82, 2.24) is 25.0 Å². The summed E-state index contributed by atoms with van der Waals surface area (Å²) in [5.41, 5.74) is 1.16. The lowest BCUT2D eigenvalue weighted by atomic mass is 9.94. The van der Waals surface area contributed by atoms with Crippen LogP contribution in [-0.4, -0.2) is 30.7 Å². The summed E-state index contributed by atoms with van der Waals surface area (Å²) < 4.78 is 40.5. The molecule has 4 rings (SSSR count). The lowest BCUT2D eigenvalue weighted by Gasteiger charge is -2.20. The minimum absolute atomic E-state index is 0.0457. The summed E-state index contributed by atoms with van der Waals surface area (Å²) >= 11 is 0. The lowest BCUT2D eigenvalue weighted by Crippen LogP contribution is -2.18. The van der Waals surface area contributed by atoms with E-state index in [0.29, 0.717) is 30.0 Å². The number of nitrogens with zero attached hydrogens (tertiary/aromatic N) is 5. The second kappa shape index (κ2) is 7.85. The third-order valence-corrected chi connectivity index (χ3v) is 4.97. The number of carbonyl (C=O) groups excluding carboxylic acids is 1. The first-order valence-electron chi connectivity index (χ1n) is 9.51. The van der Waals surface area contributed by atoms with Gasteiger partial charge in [0.05, 0.1) is 23.5 Å². The topological polar surface area (TPSA) is 85.6 Å². The van der Waals surface area contributed by atoms with Crippen molar-refractivity contribution in [3.63, 3.8) is 0 Å². The molecule has 3 heterocycles. The first kappa shape index (κ1) is 20.0. The maximum absolute atomic E-state index is 12.9. The van der Waals surface area contributed by atoms with Gasteiger partial charge in [-0.15, -0.1) is 5.10 Å². The van der Waals surface area contributed by atoms with Gasteiger partial charge in [-0.2, -0.15) is 13.2 Å². The van der Waals surface area contributed by atoms with E-state index in [2.05, 4.69) is 25.6 Å². The number of ketones is 1. The quantitative estimate of drug-likeness (QED) is 0.675. The van der Waals surface area contributed by atoms with Crippen molar-refractivity contribution in [2.75, 3.05) is 5.32 Å². The van der Waals surface area contributed by atoms with Gasteiger partial charge in [0, 0.05) is 19.0 Å². The van der Waals surface area contributed by atoms with Crippen molar-refractivity contribution < 1.29 is 18.0 Å². The van der Waals surface area contributed by atoms with Crippen molar-refractivity contribution in [2.45, 2.75) is 44.8 Å². The van der Waals surface area contributed by atoms with Crippen LogP contribution in [0.15, 0.2) is 36.7 Å². The van der Waals surface area contributed by atoms with Crippen molar-refractivity contribution in [2.24, 2.45) is 0 Å². The summed E-state index contributed by atoms with van der Waals surface area (Å²) in [6.07, 6.45) is 0.985. The largest absolute Gasteiger partial charge is 0.416 e. The number of nitrogens with one attached hydrogen (secondary N) is 1. The molecule has 0 aromatic carbocycles. The summed E-state index contributed by atoms with van der Waals surface area (Å²) in [6, 6.07) is 5.51. The van der Waals surface area contributed by atoms with Gasteiger partial charge in [0.25, 0.3) is 0 Å². The minimum Gasteiger partial charge on any atom is -0.325 e. The monoisotopic (exact) mass is 416 g/mol. The molecule has 1 aliphatic carbocycles. The molecule has 0 spiro atoms. The molecule has 30 heavy (non-hydrogen) atoms. The molecule has 1 N–H and O–H groups in total. The molecule has 0 saturated heterocycles. The van der Waals surface area contributed by atoms with E-state index in [1.54, 1.807) is 16.9 Å². The van der Waals surface area contributed by atoms with Crippen LogP contribution in [0.3, 0.4) is 0 Å². The smallest absolute Gasteiger partial charge is 0.325 e. The Morgan fingerprint density at radius 2 is 1.87 bits per heavy atom. The number of anilines is 2. The van der Waals surface area contributed by atoms with Gasteiger partial charge in [-0.05, 0) is 49.6 Å². The zero-order chi connectivity index (χ0) is 21.3. The molecule has 0 unspecified atom stereocenters. The highest BCUT2D eigenvalue weighted by Crippen LogP contribution is 2.31. The summed E-state index contributed by atoms with van der Waals surface area (Å²) in [6.45, 7) is 1.85. The van der Waals surface area contributed by atoms with Gasteiger partial charge >= 0.3 is 6.18 Å². The average molecular weight is 416 g/mol. The van der Waals surface area contributed by atoms with Crippen LogP contribution < -0.4 is 5.32 Å². The number of Topliss-reactive ketones (excluding diaryl/α,β-unsaturated/α-hetero) is 1. The SMILES string of the molecule is Cc1cc(Nc2cc(C(F)(F)F)ccn2)nc(-c2cn(C3CCC(=O)CC3)nn2)c1. The van der Waals surface area contributed by atoms with E-state index in [1.165, 1.54) is 0 Å². The Labute approximate surface area is 170 Å². The predicted octanol–water partition coefficient (Wildman–Crippen LogP) is 4.49. The third-order valence-electron chi connectivity index (χ3n) is 4.97. The normalized spacial score (nSPS) is 15.4. The van der Waals surface area contributed by atoms with E-state index < -0.39 is 11.7 Å². The fraction of sp³-hybridized carbons (Fsp3) is 0.350. The molecule has 1 saturated carbocycles. The van der Waals surface area contributed by atoms with Crippen LogP contribution in [0.1, 0.15) is 42.9 Å². The summed E-state index contributed by atoms with van der Waals surface area (Å²) in [5, 5.41) is 11.2. The Bertz CT molecular complexity index is 1070. The molecule has 0 bridgehead atoms. The lowest BCUT2D eigenvalue weighted by molar-refractivity contribution is -0.137. The van der Waals surface area contributed by atoms with Crippen LogP contribution in [0.4, 0.5) is 24.8 Å². The number of halogens is 3. The van der Waals surface area contributed by atoms with E-state index in [1.807, 2.05) is 13.0 Å². The van der Waals surface area contributed by atoms with Crippen molar-refractivity contribution in [3.8, 4) is 11.4 Å². The minimum atomic E-state index is -4.45. The number of aryl methyl sites for hydroxylation is 1. The van der Waals surface area contributed by atoms with E-state index in [4.69, 9.17) is 0 Å². The fourth-order valence-electron chi connectivity index (χ4n) is 3.43. The Morgan fingerprint density at radius 1 is 1.10 bits per heavy atom. The highest BCUT2D eigenvalue weighted by atomic mass is 19.4. The van der Waals surface area contributed by atoms with Crippen molar-refractivity contribution in [1.29, 1.82) is 0 Å². The highest BCUT2D eigenvalue weighted by Gasteiger charge is 2.30. The molecule has 7 nitrogen and oxygen atoms in total. The van der Waals surface area contributed by atoms with Gasteiger partial charge in [0.1, 0.15) is 23.1 Å². The molecule has 1 fully saturated rings. The van der Waals surface area contributed by atoms with Crippen molar-refractivity contribution in [3.05, 3.63) is 47.8 Å². The zero-order valence-corrected chi connectivity index (χ0v) is 16.1. The van der Waals surface area contributed by atoms with Gasteiger partial charge < -0.3 is 5.32 Å². The summed E-state index contributed by atoms with van der Waals surface area (Å²) in [5.74, 6) is 0.671. The van der Waals surface area contributed by atoms with Crippen LogP contribution in [0.5, 0.6) is 0 Å². The summed E-state index contributed by atoms with van der Waals surface area (Å²) in [4.78, 5) is 19.8. The predicted molar refractivity (Wildman–Crippen MR) is 103 cm³/mol. The van der Waals surface area contributed by atoms with Gasteiger partial charge in [-0.3, -0.25) is 4.79 Å². The Kier molecular flexibility index (Phi) is 5.23. The second-order valence-electron chi connectivity index (χ2n) is 7.32. The summed E-state index contributed by atoms with van der Waals surface area (Å²) in [7, 11) is 0. The molecule has 0 radical (unpaired) electrons. The van der Waals surface area contributed by atoms with Crippen LogP contribution in [-0.2, 0) is 11.0 Å². The molecule has 3 aromatic rings. The van der Waals surface area contributed by atoms with Gasteiger partial charge in [-0.25, -0.2) is 14.6 Å². The van der Waals surface area contributed by atoms with E-state index >= 15 is 0 Å². The van der Waals surface area contributed by atoms with Gasteiger partial charge in [0.15, 0.2) is 0 Å². The number of hydrogen-bond acceptors (Lipinski definition) is 6. The van der Waals surface area contributed by atoms with E-state index in [-0.39, 0.29) is 17.6 Å². The molecule has 0 amide bonds. The standard InChI is InChI=1S/C20H19F3N6O/c1-12-8-16(17-11-29(28-27-17)14-2-4-15(30)5-3-14)25-19(9-12)26-18-10-13(6-7-24-18)20(21,22)23/h6-11,14H,2-5H2,1H3,(H,24,25,26). The number of hydrogen-bond donors (Lipinski definition) is 1. The molecule has 0 aliphatic heterocycles. The molecule has 0 atom stereocenters. The Morgan fingerprint density at radius 3 is 2.60 bits per heavy atom. The van der Waals surface area contributed by atoms with Crippen LogP contribution in [0.25, 0.3) is 11.4 Å². The second-order valence-corrected chi connectivity index (χ2v) is 7.32. The Hall–Kier alpha value is -3.30. The highest BCUT2D eigenvalue weighted by molar-refractivity contribution is 5.79. The van der Waals surface area contributed by atoms with E-state index in [0.717, 1.165) is 36.7 Å². The van der Waals surface area contributed by atoms with Crippen LogP contribution in [0, 0.1) is 6.92 Å². The first-order chi connectivity index (χ1) is 14.3. The fourth-order valence-corrected chi connectivity index (χ4v) is 3.43. The molecular weight excluding hydrogens is 397 g/mol. The average Bonchev–Trinajstić information content (AvgIpc) is 3.18. The third kappa shape index (κ3) is 4.47. The van der Waals surface area contributed by atoms with Gasteiger partial charge in [0.2, 0.25) is 0 Å². The molecule has 1 aliphatic rings. The number of pyridine rings is 2. The number of aromatic nitrogens is 5. The zero-order valence-electron chi connectivity index (χ0n) is 16.1. The molecule has 10 heteroatoms.